The molecule has 5 rings (SSSR count). The average Bonchev–Trinajstić information content (AvgIpc) is 3.36. The van der Waals surface area contributed by atoms with Gasteiger partial charge in [-0.1, -0.05) is 12.1 Å². The highest BCUT2D eigenvalue weighted by atomic mass is 32.2. The number of nitrogens with one attached hydrogen (secondary N) is 1. The molecule has 3 heterocycles. The standard InChI is InChI=1S/C26H25F3N6OS/c1-37-21-10-4-17(5-11-21)13-30-25(36)18-3-2-12-34(14-18)24-22-15-35(33-23(22)31-16-32-24)20-8-6-19(7-9-20)26(27,28)29/h4-11,15-16,18H,2-3,12-14H2,1H3,(H,30,36). The molecule has 1 fully saturated rings. The van der Waals surface area contributed by atoms with E-state index in [0.29, 0.717) is 35.6 Å². The zero-order valence-electron chi connectivity index (χ0n) is 20.1. The van der Waals surface area contributed by atoms with Gasteiger partial charge < -0.3 is 10.2 Å². The van der Waals surface area contributed by atoms with E-state index in [1.807, 2.05) is 30.5 Å². The van der Waals surface area contributed by atoms with E-state index < -0.39 is 11.7 Å². The average molecular weight is 527 g/mol. The van der Waals surface area contributed by atoms with Crippen LogP contribution in [-0.4, -0.2) is 45.0 Å². The molecule has 1 N–H and O–H groups in total. The number of amides is 1. The Bertz CT molecular complexity index is 1390. The van der Waals surface area contributed by atoms with Crippen LogP contribution in [0.2, 0.25) is 0 Å². The van der Waals surface area contributed by atoms with Crippen LogP contribution in [0.1, 0.15) is 24.0 Å². The molecule has 11 heteroatoms. The second-order valence-electron chi connectivity index (χ2n) is 8.90. The van der Waals surface area contributed by atoms with Crippen molar-refractivity contribution in [2.24, 2.45) is 5.92 Å². The summed E-state index contributed by atoms with van der Waals surface area (Å²) in [5.74, 6) is 0.479. The monoisotopic (exact) mass is 526 g/mol. The van der Waals surface area contributed by atoms with Gasteiger partial charge in [-0.2, -0.15) is 13.2 Å². The zero-order chi connectivity index (χ0) is 26.0. The smallest absolute Gasteiger partial charge is 0.355 e. The van der Waals surface area contributed by atoms with Crippen molar-refractivity contribution in [2.75, 3.05) is 24.2 Å². The number of fused-ring (bicyclic) bond motifs is 1. The van der Waals surface area contributed by atoms with Crippen LogP contribution in [0.3, 0.4) is 0 Å². The van der Waals surface area contributed by atoms with Gasteiger partial charge in [0, 0.05) is 30.7 Å². The van der Waals surface area contributed by atoms with Crippen molar-refractivity contribution >= 4 is 34.5 Å². The number of carbonyl (C=O) groups excluding carboxylic acids is 1. The van der Waals surface area contributed by atoms with Crippen LogP contribution in [-0.2, 0) is 17.5 Å². The van der Waals surface area contributed by atoms with Gasteiger partial charge in [-0.25, -0.2) is 14.6 Å². The van der Waals surface area contributed by atoms with Gasteiger partial charge in [0.05, 0.1) is 22.6 Å². The predicted molar refractivity (Wildman–Crippen MR) is 137 cm³/mol. The summed E-state index contributed by atoms with van der Waals surface area (Å²) in [7, 11) is 0. The summed E-state index contributed by atoms with van der Waals surface area (Å²) in [4.78, 5) is 24.9. The van der Waals surface area contributed by atoms with Gasteiger partial charge >= 0.3 is 6.18 Å². The summed E-state index contributed by atoms with van der Waals surface area (Å²) < 4.78 is 40.3. The lowest BCUT2D eigenvalue weighted by Crippen LogP contribution is -2.43. The van der Waals surface area contributed by atoms with Crippen molar-refractivity contribution < 1.29 is 18.0 Å². The zero-order valence-corrected chi connectivity index (χ0v) is 20.9. The highest BCUT2D eigenvalue weighted by molar-refractivity contribution is 7.98. The van der Waals surface area contributed by atoms with Crippen LogP contribution >= 0.6 is 11.8 Å². The number of thioether (sulfide) groups is 1. The Kier molecular flexibility index (Phi) is 7.05. The largest absolute Gasteiger partial charge is 0.416 e. The number of piperidine rings is 1. The molecule has 2 aromatic heterocycles. The number of hydrogen-bond acceptors (Lipinski definition) is 6. The van der Waals surface area contributed by atoms with Crippen molar-refractivity contribution in [2.45, 2.75) is 30.5 Å². The fourth-order valence-electron chi connectivity index (χ4n) is 4.47. The third-order valence-corrected chi connectivity index (χ3v) is 7.22. The van der Waals surface area contributed by atoms with Crippen molar-refractivity contribution in [1.29, 1.82) is 0 Å². The van der Waals surface area contributed by atoms with E-state index >= 15 is 0 Å². The van der Waals surface area contributed by atoms with Crippen LogP contribution in [0.25, 0.3) is 16.7 Å². The Morgan fingerprint density at radius 2 is 1.86 bits per heavy atom. The number of carbonyl (C=O) groups is 1. The Labute approximate surface area is 216 Å². The van der Waals surface area contributed by atoms with E-state index in [1.54, 1.807) is 18.0 Å². The van der Waals surface area contributed by atoms with E-state index in [9.17, 15) is 18.0 Å². The molecule has 0 spiro atoms. The highest BCUT2D eigenvalue weighted by Gasteiger charge is 2.30. The second-order valence-corrected chi connectivity index (χ2v) is 9.78. The predicted octanol–water partition coefficient (Wildman–Crippen LogP) is 5.09. The molecule has 1 unspecified atom stereocenters. The molecule has 0 aliphatic carbocycles. The Morgan fingerprint density at radius 3 is 2.57 bits per heavy atom. The second kappa shape index (κ2) is 10.4. The molecule has 2 aromatic carbocycles. The van der Waals surface area contributed by atoms with Crippen LogP contribution in [0.15, 0.2) is 66.0 Å². The lowest BCUT2D eigenvalue weighted by atomic mass is 9.97. The maximum Gasteiger partial charge on any atom is 0.416 e. The van der Waals surface area contributed by atoms with E-state index in [1.165, 1.54) is 28.0 Å². The van der Waals surface area contributed by atoms with Crippen LogP contribution in [0.5, 0.6) is 0 Å². The summed E-state index contributed by atoms with van der Waals surface area (Å²) in [6, 6.07) is 12.9. The first-order chi connectivity index (χ1) is 17.8. The Balaban J connectivity index is 1.30. The maximum atomic E-state index is 13.0. The van der Waals surface area contributed by atoms with Crippen LogP contribution in [0, 0.1) is 5.92 Å². The first-order valence-electron chi connectivity index (χ1n) is 11.9. The number of rotatable bonds is 6. The summed E-state index contributed by atoms with van der Waals surface area (Å²) in [5.41, 5.74) is 1.25. The first kappa shape index (κ1) is 25.1. The highest BCUT2D eigenvalue weighted by Crippen LogP contribution is 2.31. The molecule has 0 saturated carbocycles. The van der Waals surface area contributed by atoms with Gasteiger partial charge in [-0.3, -0.25) is 4.79 Å². The molecule has 4 aromatic rings. The molecule has 0 bridgehead atoms. The van der Waals surface area contributed by atoms with Gasteiger partial charge in [0.25, 0.3) is 0 Å². The number of aromatic nitrogens is 4. The number of anilines is 1. The minimum Gasteiger partial charge on any atom is -0.355 e. The van der Waals surface area contributed by atoms with E-state index in [0.717, 1.165) is 37.1 Å². The van der Waals surface area contributed by atoms with Crippen LogP contribution in [0.4, 0.5) is 19.0 Å². The fraction of sp³-hybridized carbons (Fsp3) is 0.308. The molecule has 1 aliphatic heterocycles. The maximum absolute atomic E-state index is 13.0. The summed E-state index contributed by atoms with van der Waals surface area (Å²) in [6.45, 7) is 1.72. The molecule has 192 valence electrons. The topological polar surface area (TPSA) is 75.9 Å². The molecule has 1 saturated heterocycles. The van der Waals surface area contributed by atoms with E-state index in [4.69, 9.17) is 0 Å². The minimum absolute atomic E-state index is 0.00407. The Morgan fingerprint density at radius 1 is 1.11 bits per heavy atom. The number of hydrogen-bond donors (Lipinski definition) is 1. The van der Waals surface area contributed by atoms with Crippen LogP contribution < -0.4 is 10.2 Å². The van der Waals surface area contributed by atoms with E-state index in [2.05, 4.69) is 25.3 Å². The summed E-state index contributed by atoms with van der Waals surface area (Å²) >= 11 is 1.67. The van der Waals surface area contributed by atoms with E-state index in [-0.39, 0.29) is 11.8 Å². The number of benzene rings is 2. The number of halogens is 3. The minimum atomic E-state index is -4.40. The molecule has 0 radical (unpaired) electrons. The molecule has 1 amide bonds. The third-order valence-electron chi connectivity index (χ3n) is 6.47. The Hall–Kier alpha value is -3.60. The summed E-state index contributed by atoms with van der Waals surface area (Å²) in [6.07, 6.45) is 2.38. The molecular weight excluding hydrogens is 501 g/mol. The van der Waals surface area contributed by atoms with Gasteiger partial charge in [0.15, 0.2) is 5.65 Å². The SMILES string of the molecule is CSc1ccc(CNC(=O)C2CCCN(c3ncnc4nn(-c5ccc(C(F)(F)F)cc5)cc34)C2)cc1. The van der Waals surface area contributed by atoms with Gasteiger partial charge in [0.1, 0.15) is 12.1 Å². The number of nitrogens with zero attached hydrogens (tertiary/aromatic N) is 5. The van der Waals surface area contributed by atoms with Gasteiger partial charge in [-0.15, -0.1) is 16.9 Å². The first-order valence-corrected chi connectivity index (χ1v) is 13.1. The van der Waals surface area contributed by atoms with Crippen molar-refractivity contribution in [3.05, 3.63) is 72.2 Å². The molecule has 37 heavy (non-hydrogen) atoms. The number of alkyl halides is 3. The third kappa shape index (κ3) is 5.56. The summed E-state index contributed by atoms with van der Waals surface area (Å²) in [5, 5.41) is 8.17. The molecule has 7 nitrogen and oxygen atoms in total. The molecule has 1 aliphatic rings. The lowest BCUT2D eigenvalue weighted by Gasteiger charge is -2.33. The molecular formula is C26H25F3N6OS. The lowest BCUT2D eigenvalue weighted by molar-refractivity contribution is -0.137. The van der Waals surface area contributed by atoms with Gasteiger partial charge in [0.2, 0.25) is 5.91 Å². The van der Waals surface area contributed by atoms with Crippen molar-refractivity contribution in [3.63, 3.8) is 0 Å². The van der Waals surface area contributed by atoms with Crippen molar-refractivity contribution in [3.8, 4) is 5.69 Å². The fourth-order valence-corrected chi connectivity index (χ4v) is 4.88. The van der Waals surface area contributed by atoms with Gasteiger partial charge in [-0.05, 0) is 61.1 Å². The quantitative estimate of drug-likeness (QED) is 0.353. The van der Waals surface area contributed by atoms with Crippen molar-refractivity contribution in [1.82, 2.24) is 25.1 Å². The normalized spacial score (nSPS) is 16.2. The molecule has 1 atom stereocenters.